The molecule has 2 rings (SSSR count). The van der Waals surface area contributed by atoms with E-state index in [9.17, 15) is 13.6 Å². The molecule has 0 aromatic heterocycles. The molecular weight excluding hydrogens is 290 g/mol. The number of ether oxygens (including phenoxy) is 1. The number of piperidine rings is 1. The molecule has 1 aromatic carbocycles. The minimum atomic E-state index is -0.603. The lowest BCUT2D eigenvalue weighted by molar-refractivity contribution is 0.0210. The van der Waals surface area contributed by atoms with Gasteiger partial charge < -0.3 is 15.0 Å². The Bertz CT molecular complexity index is 515. The Morgan fingerprint density at radius 3 is 2.23 bits per heavy atom. The van der Waals surface area contributed by atoms with Crippen LogP contribution in [-0.2, 0) is 4.74 Å². The number of carbonyl (C=O) groups excluding carboxylic acids is 1. The number of likely N-dealkylation sites (tertiary alicyclic amines) is 1. The molecule has 122 valence electrons. The summed E-state index contributed by atoms with van der Waals surface area (Å²) in [4.78, 5) is 13.6. The average molecular weight is 312 g/mol. The predicted octanol–water partition coefficient (Wildman–Crippen LogP) is 3.78. The van der Waals surface area contributed by atoms with E-state index in [-0.39, 0.29) is 12.1 Å². The highest BCUT2D eigenvalue weighted by Crippen LogP contribution is 2.20. The van der Waals surface area contributed by atoms with Gasteiger partial charge in [0.2, 0.25) is 0 Å². The largest absolute Gasteiger partial charge is 0.444 e. The smallest absolute Gasteiger partial charge is 0.410 e. The molecule has 0 aliphatic carbocycles. The molecule has 1 aliphatic rings. The zero-order valence-corrected chi connectivity index (χ0v) is 13.2. The van der Waals surface area contributed by atoms with Gasteiger partial charge in [-0.1, -0.05) is 0 Å². The zero-order valence-electron chi connectivity index (χ0n) is 13.2. The number of carbonyl (C=O) groups is 1. The van der Waals surface area contributed by atoms with Gasteiger partial charge >= 0.3 is 6.09 Å². The van der Waals surface area contributed by atoms with Crippen molar-refractivity contribution in [3.63, 3.8) is 0 Å². The highest BCUT2D eigenvalue weighted by molar-refractivity contribution is 5.68. The monoisotopic (exact) mass is 312 g/mol. The Balaban J connectivity index is 1.86. The molecule has 1 aliphatic heterocycles. The van der Waals surface area contributed by atoms with Gasteiger partial charge in [0.05, 0.1) is 0 Å². The summed E-state index contributed by atoms with van der Waals surface area (Å²) in [6, 6.07) is 3.46. The third-order valence-corrected chi connectivity index (χ3v) is 3.38. The fourth-order valence-corrected chi connectivity index (χ4v) is 2.41. The summed E-state index contributed by atoms with van der Waals surface area (Å²) in [6.07, 6.45) is 1.09. The van der Waals surface area contributed by atoms with Crippen molar-refractivity contribution in [1.82, 2.24) is 4.90 Å². The van der Waals surface area contributed by atoms with Gasteiger partial charge in [0.25, 0.3) is 0 Å². The van der Waals surface area contributed by atoms with Crippen LogP contribution < -0.4 is 5.32 Å². The fourth-order valence-electron chi connectivity index (χ4n) is 2.41. The van der Waals surface area contributed by atoms with E-state index in [1.807, 2.05) is 20.8 Å². The van der Waals surface area contributed by atoms with E-state index < -0.39 is 17.2 Å². The van der Waals surface area contributed by atoms with Crippen molar-refractivity contribution in [1.29, 1.82) is 0 Å². The van der Waals surface area contributed by atoms with Crippen LogP contribution in [0.1, 0.15) is 33.6 Å². The van der Waals surface area contributed by atoms with Crippen molar-refractivity contribution in [3.8, 4) is 0 Å². The Morgan fingerprint density at radius 2 is 1.73 bits per heavy atom. The molecule has 0 bridgehead atoms. The highest BCUT2D eigenvalue weighted by Gasteiger charge is 2.26. The van der Waals surface area contributed by atoms with Crippen molar-refractivity contribution < 1.29 is 18.3 Å². The molecular formula is C16H22F2N2O2. The summed E-state index contributed by atoms with van der Waals surface area (Å²) >= 11 is 0. The minimum absolute atomic E-state index is 0.0832. The third kappa shape index (κ3) is 4.86. The van der Waals surface area contributed by atoms with E-state index in [2.05, 4.69) is 5.32 Å². The second kappa shape index (κ2) is 6.50. The quantitative estimate of drug-likeness (QED) is 0.903. The van der Waals surface area contributed by atoms with Crippen LogP contribution in [0.2, 0.25) is 0 Å². The first-order valence-corrected chi connectivity index (χ1v) is 7.43. The summed E-state index contributed by atoms with van der Waals surface area (Å²) < 4.78 is 31.6. The van der Waals surface area contributed by atoms with Crippen molar-refractivity contribution in [2.45, 2.75) is 45.3 Å². The maximum absolute atomic E-state index is 13.2. The molecule has 6 heteroatoms. The van der Waals surface area contributed by atoms with Gasteiger partial charge in [0, 0.05) is 30.9 Å². The Kier molecular flexibility index (Phi) is 4.88. The number of hydrogen-bond donors (Lipinski definition) is 1. The first-order chi connectivity index (χ1) is 10.2. The second-order valence-electron chi connectivity index (χ2n) is 6.54. The molecule has 0 atom stereocenters. The molecule has 1 amide bonds. The minimum Gasteiger partial charge on any atom is -0.444 e. The standard InChI is InChI=1S/C16H22F2N2O2/c1-16(2,3)22-15(21)20-6-4-13(5-7-20)19-14-9-11(17)8-12(18)10-14/h8-10,13,19H,4-7H2,1-3H3. The zero-order chi connectivity index (χ0) is 16.3. The molecule has 1 aromatic rings. The van der Waals surface area contributed by atoms with E-state index in [0.717, 1.165) is 6.07 Å². The van der Waals surface area contributed by atoms with Gasteiger partial charge in [-0.15, -0.1) is 0 Å². The molecule has 1 N–H and O–H groups in total. The molecule has 0 radical (unpaired) electrons. The summed E-state index contributed by atoms with van der Waals surface area (Å²) in [6.45, 7) is 6.61. The van der Waals surface area contributed by atoms with Gasteiger partial charge in [0.1, 0.15) is 17.2 Å². The van der Waals surface area contributed by atoms with Crippen LogP contribution >= 0.6 is 0 Å². The third-order valence-electron chi connectivity index (χ3n) is 3.38. The van der Waals surface area contributed by atoms with Crippen LogP contribution in [0, 0.1) is 11.6 Å². The van der Waals surface area contributed by atoms with Crippen molar-refractivity contribution in [3.05, 3.63) is 29.8 Å². The number of halogens is 2. The molecule has 4 nitrogen and oxygen atoms in total. The maximum atomic E-state index is 13.2. The lowest BCUT2D eigenvalue weighted by atomic mass is 10.0. The molecule has 0 saturated carbocycles. The number of nitrogens with zero attached hydrogens (tertiary/aromatic N) is 1. The summed E-state index contributed by atoms with van der Waals surface area (Å²) in [7, 11) is 0. The van der Waals surface area contributed by atoms with Gasteiger partial charge in [-0.05, 0) is 45.7 Å². The highest BCUT2D eigenvalue weighted by atomic mass is 19.1. The van der Waals surface area contributed by atoms with Crippen LogP contribution in [-0.4, -0.2) is 35.7 Å². The van der Waals surface area contributed by atoms with E-state index >= 15 is 0 Å². The van der Waals surface area contributed by atoms with E-state index in [1.165, 1.54) is 12.1 Å². The van der Waals surface area contributed by atoms with Crippen LogP contribution in [0.4, 0.5) is 19.3 Å². The first-order valence-electron chi connectivity index (χ1n) is 7.43. The van der Waals surface area contributed by atoms with Crippen LogP contribution in [0.25, 0.3) is 0 Å². The Hall–Kier alpha value is -1.85. The van der Waals surface area contributed by atoms with Gasteiger partial charge in [-0.2, -0.15) is 0 Å². The van der Waals surface area contributed by atoms with Gasteiger partial charge in [-0.25, -0.2) is 13.6 Å². The number of hydrogen-bond acceptors (Lipinski definition) is 3. The molecule has 0 unspecified atom stereocenters. The number of anilines is 1. The van der Waals surface area contributed by atoms with Crippen molar-refractivity contribution in [2.75, 3.05) is 18.4 Å². The van der Waals surface area contributed by atoms with Crippen LogP contribution in [0.3, 0.4) is 0 Å². The number of rotatable bonds is 2. The number of amides is 1. The van der Waals surface area contributed by atoms with Gasteiger partial charge in [0.15, 0.2) is 0 Å². The topological polar surface area (TPSA) is 41.6 Å². The SMILES string of the molecule is CC(C)(C)OC(=O)N1CCC(Nc2cc(F)cc(F)c2)CC1. The maximum Gasteiger partial charge on any atom is 0.410 e. The summed E-state index contributed by atoms with van der Waals surface area (Å²) in [5.41, 5.74) is -0.0844. The van der Waals surface area contributed by atoms with Crippen molar-refractivity contribution in [2.24, 2.45) is 0 Å². The Labute approximate surface area is 129 Å². The lowest BCUT2D eigenvalue weighted by Crippen LogP contribution is -2.44. The first kappa shape index (κ1) is 16.5. The predicted molar refractivity (Wildman–Crippen MR) is 80.8 cm³/mol. The fraction of sp³-hybridized carbons (Fsp3) is 0.562. The molecule has 22 heavy (non-hydrogen) atoms. The molecule has 0 spiro atoms. The summed E-state index contributed by atoms with van der Waals surface area (Å²) in [5.74, 6) is -1.21. The number of nitrogens with one attached hydrogen (secondary N) is 1. The molecule has 1 saturated heterocycles. The number of benzene rings is 1. The van der Waals surface area contributed by atoms with E-state index in [4.69, 9.17) is 4.74 Å². The molecule has 1 fully saturated rings. The summed E-state index contributed by atoms with van der Waals surface area (Å²) in [5, 5.41) is 3.11. The Morgan fingerprint density at radius 1 is 1.18 bits per heavy atom. The second-order valence-corrected chi connectivity index (χ2v) is 6.54. The normalized spacial score (nSPS) is 16.5. The van der Waals surface area contributed by atoms with Gasteiger partial charge in [-0.3, -0.25) is 0 Å². The van der Waals surface area contributed by atoms with E-state index in [1.54, 1.807) is 4.90 Å². The van der Waals surface area contributed by atoms with Crippen LogP contribution in [0.15, 0.2) is 18.2 Å². The lowest BCUT2D eigenvalue weighted by Gasteiger charge is -2.34. The average Bonchev–Trinajstić information content (AvgIpc) is 2.36. The van der Waals surface area contributed by atoms with Crippen molar-refractivity contribution >= 4 is 11.8 Å². The van der Waals surface area contributed by atoms with Crippen LogP contribution in [0.5, 0.6) is 0 Å². The van der Waals surface area contributed by atoms with E-state index in [0.29, 0.717) is 31.6 Å². The molecule has 1 heterocycles.